The lowest BCUT2D eigenvalue weighted by Gasteiger charge is -2.26. The van der Waals surface area contributed by atoms with E-state index in [0.29, 0.717) is 32.0 Å². The van der Waals surface area contributed by atoms with Crippen molar-refractivity contribution in [2.45, 2.75) is 4.90 Å². The number of thiocarbonyl (C=S) groups is 1. The molecule has 0 amide bonds. The molecular formula is C11H15N3O3S2. The van der Waals surface area contributed by atoms with Crippen LogP contribution >= 0.6 is 12.2 Å². The molecule has 0 bridgehead atoms. The number of sulfonamides is 1. The number of nitrogens with two attached hydrogens (primary N) is 1. The predicted octanol–water partition coefficient (Wildman–Crippen LogP) is 0.363. The van der Waals surface area contributed by atoms with Crippen molar-refractivity contribution in [1.82, 2.24) is 4.31 Å². The highest BCUT2D eigenvalue weighted by molar-refractivity contribution is 7.89. The van der Waals surface area contributed by atoms with E-state index in [1.54, 1.807) is 18.2 Å². The number of hydrogen-bond donors (Lipinski definition) is 2. The van der Waals surface area contributed by atoms with Crippen molar-refractivity contribution < 1.29 is 13.2 Å². The number of ether oxygens (including phenoxy) is 1. The van der Waals surface area contributed by atoms with Gasteiger partial charge in [0, 0.05) is 18.8 Å². The molecule has 0 atom stereocenters. The van der Waals surface area contributed by atoms with Gasteiger partial charge in [-0.3, -0.25) is 0 Å². The monoisotopic (exact) mass is 301 g/mol. The molecule has 8 heteroatoms. The lowest BCUT2D eigenvalue weighted by Crippen LogP contribution is -2.40. The smallest absolute Gasteiger partial charge is 0.243 e. The molecule has 1 aromatic carbocycles. The van der Waals surface area contributed by atoms with E-state index in [-0.39, 0.29) is 10.0 Å². The van der Waals surface area contributed by atoms with Crippen LogP contribution in [0, 0.1) is 0 Å². The summed E-state index contributed by atoms with van der Waals surface area (Å²) in [6.07, 6.45) is 0. The molecule has 0 aliphatic carbocycles. The minimum atomic E-state index is -3.49. The van der Waals surface area contributed by atoms with Crippen LogP contribution in [-0.4, -0.2) is 44.1 Å². The summed E-state index contributed by atoms with van der Waals surface area (Å²) in [6, 6.07) is 6.42. The first-order valence-electron chi connectivity index (χ1n) is 5.74. The van der Waals surface area contributed by atoms with Crippen molar-refractivity contribution in [1.29, 1.82) is 0 Å². The van der Waals surface area contributed by atoms with Crippen LogP contribution in [0.5, 0.6) is 0 Å². The van der Waals surface area contributed by atoms with Crippen LogP contribution in [0.4, 0.5) is 5.69 Å². The van der Waals surface area contributed by atoms with E-state index < -0.39 is 10.0 Å². The first-order chi connectivity index (χ1) is 9.00. The third-order valence-electron chi connectivity index (χ3n) is 2.71. The highest BCUT2D eigenvalue weighted by Crippen LogP contribution is 2.20. The molecule has 19 heavy (non-hydrogen) atoms. The lowest BCUT2D eigenvalue weighted by molar-refractivity contribution is 0.0730. The van der Waals surface area contributed by atoms with Crippen molar-refractivity contribution in [2.75, 3.05) is 31.6 Å². The molecule has 0 radical (unpaired) electrons. The van der Waals surface area contributed by atoms with Gasteiger partial charge in [-0.1, -0.05) is 6.07 Å². The molecule has 1 aliphatic heterocycles. The highest BCUT2D eigenvalue weighted by Gasteiger charge is 2.26. The molecule has 104 valence electrons. The maximum absolute atomic E-state index is 12.4. The molecule has 1 fully saturated rings. The van der Waals surface area contributed by atoms with E-state index in [0.717, 1.165) is 0 Å². The summed E-state index contributed by atoms with van der Waals surface area (Å²) in [4.78, 5) is 0.218. The zero-order valence-electron chi connectivity index (χ0n) is 10.2. The summed E-state index contributed by atoms with van der Waals surface area (Å²) in [5.74, 6) is 0. The Labute approximate surface area is 117 Å². The lowest BCUT2D eigenvalue weighted by atomic mass is 10.3. The number of nitrogens with zero attached hydrogens (tertiary/aromatic N) is 1. The molecule has 1 heterocycles. The standard InChI is InChI=1S/C11H15N3O3S2/c12-11(18)13-9-2-1-3-10(8-9)19(15,16)14-4-6-17-7-5-14/h1-3,8H,4-7H2,(H3,12,13,18). The number of hydrogen-bond acceptors (Lipinski definition) is 4. The summed E-state index contributed by atoms with van der Waals surface area (Å²) in [7, 11) is -3.49. The zero-order chi connectivity index (χ0) is 13.9. The van der Waals surface area contributed by atoms with Gasteiger partial charge in [0.05, 0.1) is 18.1 Å². The number of rotatable bonds is 3. The van der Waals surface area contributed by atoms with E-state index in [4.69, 9.17) is 22.7 Å². The van der Waals surface area contributed by atoms with Crippen LogP contribution in [0.3, 0.4) is 0 Å². The maximum Gasteiger partial charge on any atom is 0.243 e. The van der Waals surface area contributed by atoms with Gasteiger partial charge in [0.25, 0.3) is 0 Å². The van der Waals surface area contributed by atoms with E-state index in [9.17, 15) is 8.42 Å². The fourth-order valence-corrected chi connectivity index (χ4v) is 3.38. The predicted molar refractivity (Wildman–Crippen MR) is 76.4 cm³/mol. The Balaban J connectivity index is 2.26. The molecule has 1 aromatic rings. The van der Waals surface area contributed by atoms with Crippen LogP contribution < -0.4 is 11.1 Å². The van der Waals surface area contributed by atoms with Crippen molar-refractivity contribution in [3.8, 4) is 0 Å². The molecule has 1 saturated heterocycles. The fraction of sp³-hybridized carbons (Fsp3) is 0.364. The average Bonchev–Trinajstić information content (AvgIpc) is 2.39. The number of nitrogens with one attached hydrogen (secondary N) is 1. The maximum atomic E-state index is 12.4. The van der Waals surface area contributed by atoms with Gasteiger partial charge >= 0.3 is 0 Å². The van der Waals surface area contributed by atoms with Gasteiger partial charge in [0.2, 0.25) is 10.0 Å². The molecule has 6 nitrogen and oxygen atoms in total. The summed E-state index contributed by atoms with van der Waals surface area (Å²) in [5.41, 5.74) is 5.93. The van der Waals surface area contributed by atoms with E-state index in [1.807, 2.05) is 0 Å². The highest BCUT2D eigenvalue weighted by atomic mass is 32.2. The Kier molecular flexibility index (Phi) is 4.35. The van der Waals surface area contributed by atoms with Gasteiger partial charge in [0.1, 0.15) is 0 Å². The number of morpholine rings is 1. The Morgan fingerprint density at radius 1 is 1.37 bits per heavy atom. The van der Waals surface area contributed by atoms with Crippen molar-refractivity contribution >= 4 is 33.0 Å². The van der Waals surface area contributed by atoms with E-state index >= 15 is 0 Å². The van der Waals surface area contributed by atoms with Gasteiger partial charge in [-0.25, -0.2) is 8.42 Å². The topological polar surface area (TPSA) is 84.7 Å². The minimum Gasteiger partial charge on any atom is -0.379 e. The summed E-state index contributed by atoms with van der Waals surface area (Å²) >= 11 is 4.73. The summed E-state index contributed by atoms with van der Waals surface area (Å²) < 4.78 is 31.4. The second-order valence-corrected chi connectivity index (χ2v) is 6.41. The summed E-state index contributed by atoms with van der Waals surface area (Å²) in [6.45, 7) is 1.58. The van der Waals surface area contributed by atoms with E-state index in [2.05, 4.69) is 5.32 Å². The Morgan fingerprint density at radius 3 is 2.68 bits per heavy atom. The molecular weight excluding hydrogens is 286 g/mol. The molecule has 0 unspecified atom stereocenters. The van der Waals surface area contributed by atoms with Crippen LogP contribution in [0.25, 0.3) is 0 Å². The molecule has 3 N–H and O–H groups in total. The van der Waals surface area contributed by atoms with Crippen molar-refractivity contribution in [2.24, 2.45) is 5.73 Å². The molecule has 0 aromatic heterocycles. The fourth-order valence-electron chi connectivity index (χ4n) is 1.81. The minimum absolute atomic E-state index is 0.0981. The Hall–Kier alpha value is -1.22. The van der Waals surface area contributed by atoms with Gasteiger partial charge < -0.3 is 15.8 Å². The van der Waals surface area contributed by atoms with Crippen LogP contribution in [-0.2, 0) is 14.8 Å². The van der Waals surface area contributed by atoms with Crippen molar-refractivity contribution in [3.05, 3.63) is 24.3 Å². The SMILES string of the molecule is NC(=S)Nc1cccc(S(=O)(=O)N2CCOCC2)c1. The van der Waals surface area contributed by atoms with Crippen molar-refractivity contribution in [3.63, 3.8) is 0 Å². The van der Waals surface area contributed by atoms with Crippen LogP contribution in [0.1, 0.15) is 0 Å². The zero-order valence-corrected chi connectivity index (χ0v) is 11.8. The average molecular weight is 301 g/mol. The van der Waals surface area contributed by atoms with E-state index in [1.165, 1.54) is 10.4 Å². The summed E-state index contributed by atoms with van der Waals surface area (Å²) in [5, 5.41) is 2.82. The molecule has 0 saturated carbocycles. The molecule has 0 spiro atoms. The quantitative estimate of drug-likeness (QED) is 0.784. The first kappa shape index (κ1) is 14.2. The first-order valence-corrected chi connectivity index (χ1v) is 7.59. The van der Waals surface area contributed by atoms with Gasteiger partial charge in [-0.05, 0) is 30.4 Å². The molecule has 1 aliphatic rings. The van der Waals surface area contributed by atoms with Gasteiger partial charge in [-0.2, -0.15) is 4.31 Å². The Bertz CT molecular complexity index is 568. The second kappa shape index (κ2) is 5.83. The molecule has 2 rings (SSSR count). The third kappa shape index (κ3) is 3.41. The van der Waals surface area contributed by atoms with Crippen LogP contribution in [0.2, 0.25) is 0 Å². The second-order valence-electron chi connectivity index (χ2n) is 4.03. The number of anilines is 1. The van der Waals surface area contributed by atoms with Gasteiger partial charge in [0.15, 0.2) is 5.11 Å². The van der Waals surface area contributed by atoms with Crippen LogP contribution in [0.15, 0.2) is 29.2 Å². The number of benzene rings is 1. The van der Waals surface area contributed by atoms with Gasteiger partial charge in [-0.15, -0.1) is 0 Å². The normalized spacial score (nSPS) is 17.1. The third-order valence-corrected chi connectivity index (χ3v) is 4.71. The Morgan fingerprint density at radius 2 is 2.05 bits per heavy atom. The largest absolute Gasteiger partial charge is 0.379 e.